The Morgan fingerprint density at radius 1 is 0.538 bits per heavy atom. The maximum absolute atomic E-state index is 14.4. The third kappa shape index (κ3) is 10.9. The fraction of sp³-hybridized carbons (Fsp3) is 0.389. The highest BCUT2D eigenvalue weighted by molar-refractivity contribution is 6.30. The van der Waals surface area contributed by atoms with E-state index in [1.807, 2.05) is 0 Å². The fourth-order valence-electron chi connectivity index (χ4n) is 5.46. The monoisotopic (exact) mass is 722 g/mol. The second kappa shape index (κ2) is 20.7. The molecule has 0 atom stereocenters. The molecule has 4 rings (SSSR count). The van der Waals surface area contributed by atoms with Gasteiger partial charge in [-0.3, -0.25) is 29.8 Å². The molecule has 278 valence electrons. The first-order valence-electron chi connectivity index (χ1n) is 16.5. The third-order valence-electron chi connectivity index (χ3n) is 7.85. The lowest BCUT2D eigenvalue weighted by Gasteiger charge is -2.25. The number of benzene rings is 2. The summed E-state index contributed by atoms with van der Waals surface area (Å²) in [7, 11) is 3.16. The minimum absolute atomic E-state index is 0.125. The largest absolute Gasteiger partial charge is 0.382 e. The Labute approximate surface area is 300 Å². The van der Waals surface area contributed by atoms with Gasteiger partial charge in [-0.05, 0) is 22.3 Å². The van der Waals surface area contributed by atoms with Crippen LogP contribution in [0.15, 0.2) is 72.1 Å². The number of carbonyl (C=O) groups excluding carboxylic acids is 2. The van der Waals surface area contributed by atoms with E-state index in [4.69, 9.17) is 28.4 Å². The molecule has 16 heteroatoms. The lowest BCUT2D eigenvalue weighted by molar-refractivity contribution is -0.401. The van der Waals surface area contributed by atoms with Gasteiger partial charge < -0.3 is 38.2 Å². The van der Waals surface area contributed by atoms with Crippen molar-refractivity contribution in [2.24, 2.45) is 0 Å². The van der Waals surface area contributed by atoms with Crippen molar-refractivity contribution in [3.05, 3.63) is 115 Å². The summed E-state index contributed by atoms with van der Waals surface area (Å²) in [5, 5.41) is 21.7. The maximum atomic E-state index is 14.4. The molecule has 2 amide bonds. The van der Waals surface area contributed by atoms with Gasteiger partial charge in [0.25, 0.3) is 11.8 Å². The number of nitro groups is 2. The van der Waals surface area contributed by atoms with Gasteiger partial charge in [0.15, 0.2) is 0 Å². The van der Waals surface area contributed by atoms with E-state index in [-0.39, 0.29) is 50.7 Å². The van der Waals surface area contributed by atoms with Crippen LogP contribution in [0.5, 0.6) is 0 Å². The average Bonchev–Trinajstić information content (AvgIpc) is 3.58. The average molecular weight is 723 g/mol. The molecular formula is C36H42N4O12. The number of fused-ring (bicyclic) bond motifs is 1. The molecule has 0 saturated heterocycles. The quantitative estimate of drug-likeness (QED) is 0.0877. The van der Waals surface area contributed by atoms with Crippen molar-refractivity contribution in [3.8, 4) is 0 Å². The topological polar surface area (TPSA) is 182 Å². The molecule has 2 aliphatic heterocycles. The highest BCUT2D eigenvalue weighted by Crippen LogP contribution is 2.46. The van der Waals surface area contributed by atoms with E-state index in [1.54, 1.807) is 62.8 Å². The molecular weight excluding hydrogens is 680 g/mol. The highest BCUT2D eigenvalue weighted by Gasteiger charge is 2.48. The van der Waals surface area contributed by atoms with E-state index >= 15 is 0 Å². The van der Waals surface area contributed by atoms with Crippen molar-refractivity contribution < 1.29 is 47.9 Å². The maximum Gasteiger partial charge on any atom is 0.261 e. The number of rotatable bonds is 24. The molecule has 16 nitrogen and oxygen atoms in total. The molecule has 0 spiro atoms. The van der Waals surface area contributed by atoms with Crippen molar-refractivity contribution in [1.82, 2.24) is 9.80 Å². The summed E-state index contributed by atoms with van der Waals surface area (Å²) in [5.41, 5.74) is 3.40. The van der Waals surface area contributed by atoms with Crippen molar-refractivity contribution in [1.29, 1.82) is 0 Å². The van der Waals surface area contributed by atoms with Crippen LogP contribution in [0.25, 0.3) is 23.5 Å². The van der Waals surface area contributed by atoms with Crippen LogP contribution in [0.3, 0.4) is 0 Å². The highest BCUT2D eigenvalue weighted by atomic mass is 16.6. The van der Waals surface area contributed by atoms with Gasteiger partial charge >= 0.3 is 0 Å². The number of methoxy groups -OCH3 is 2. The zero-order valence-electron chi connectivity index (χ0n) is 29.1. The second-order valence-electron chi connectivity index (χ2n) is 11.2. The summed E-state index contributed by atoms with van der Waals surface area (Å²) in [6.45, 7) is 3.53. The first-order valence-corrected chi connectivity index (χ1v) is 16.5. The summed E-state index contributed by atoms with van der Waals surface area (Å²) in [4.78, 5) is 52.4. The minimum atomic E-state index is -0.563. The second-order valence-corrected chi connectivity index (χ2v) is 11.2. The van der Waals surface area contributed by atoms with Gasteiger partial charge in [-0.2, -0.15) is 0 Å². The molecule has 0 saturated carbocycles. The van der Waals surface area contributed by atoms with Crippen LogP contribution in [0.1, 0.15) is 22.3 Å². The van der Waals surface area contributed by atoms with Gasteiger partial charge in [0.05, 0.1) is 98.5 Å². The van der Waals surface area contributed by atoms with E-state index in [0.29, 0.717) is 73.3 Å². The van der Waals surface area contributed by atoms with Gasteiger partial charge in [0.2, 0.25) is 12.4 Å². The van der Waals surface area contributed by atoms with Gasteiger partial charge in [0.1, 0.15) is 0 Å². The van der Waals surface area contributed by atoms with Gasteiger partial charge in [-0.25, -0.2) is 0 Å². The summed E-state index contributed by atoms with van der Waals surface area (Å²) in [6, 6.07) is 13.5. The van der Waals surface area contributed by atoms with Crippen LogP contribution in [-0.4, -0.2) is 125 Å². The van der Waals surface area contributed by atoms with Crippen molar-refractivity contribution in [2.45, 2.75) is 0 Å². The standard InChI is InChI=1S/C36H42N4O12/c1-47-19-21-51-25-23-49-17-15-37-33(29-7-3-27(4-8-29)11-13-39(43)44)31-32(35(37)41)34(30-9-5-28(6-10-30)12-14-40(45)46)38(36(31)42)16-18-50-24-26-52-22-20-48-2/h3-14H,15-26H2,1-2H3/b13-11+,14-12+. The molecule has 0 fully saturated rings. The van der Waals surface area contributed by atoms with Crippen LogP contribution < -0.4 is 0 Å². The number of hydrogen-bond donors (Lipinski definition) is 0. The minimum Gasteiger partial charge on any atom is -0.382 e. The SMILES string of the molecule is COCCOCCOCCN1C(=O)C2=C(c3ccc(/C=C/[N+](=O)[O-])cc3)N(CCOCCOCCOC)C(=O)C2=C1c1ccc(/C=C/[N+](=O)[O-])cc1. The molecule has 2 aliphatic rings. The lowest BCUT2D eigenvalue weighted by Crippen LogP contribution is -2.33. The molecule has 0 unspecified atom stereocenters. The van der Waals surface area contributed by atoms with Crippen LogP contribution in [0.4, 0.5) is 0 Å². The Balaban J connectivity index is 1.69. The van der Waals surface area contributed by atoms with Crippen LogP contribution in [0.2, 0.25) is 0 Å². The summed E-state index contributed by atoms with van der Waals surface area (Å²) >= 11 is 0. The smallest absolute Gasteiger partial charge is 0.261 e. The third-order valence-corrected chi connectivity index (χ3v) is 7.85. The van der Waals surface area contributed by atoms with E-state index in [9.17, 15) is 29.8 Å². The molecule has 0 radical (unpaired) electrons. The van der Waals surface area contributed by atoms with E-state index in [0.717, 1.165) is 12.4 Å². The van der Waals surface area contributed by atoms with Crippen LogP contribution >= 0.6 is 0 Å². The first-order chi connectivity index (χ1) is 25.3. The van der Waals surface area contributed by atoms with Crippen LogP contribution in [0, 0.1) is 20.2 Å². The van der Waals surface area contributed by atoms with Gasteiger partial charge in [-0.15, -0.1) is 0 Å². The zero-order chi connectivity index (χ0) is 37.3. The molecule has 0 aliphatic carbocycles. The van der Waals surface area contributed by atoms with E-state index in [1.165, 1.54) is 22.0 Å². The predicted molar refractivity (Wildman–Crippen MR) is 189 cm³/mol. The normalized spacial score (nSPS) is 14.6. The van der Waals surface area contributed by atoms with Crippen molar-refractivity contribution in [2.75, 3.05) is 93.4 Å². The summed E-state index contributed by atoms with van der Waals surface area (Å²) in [5.74, 6) is -0.809. The number of ether oxygens (including phenoxy) is 6. The Bertz CT molecular complexity index is 1550. The molecule has 52 heavy (non-hydrogen) atoms. The summed E-state index contributed by atoms with van der Waals surface area (Å²) in [6.07, 6.45) is 4.36. The van der Waals surface area contributed by atoms with Crippen molar-refractivity contribution in [3.63, 3.8) is 0 Å². The van der Waals surface area contributed by atoms with E-state index < -0.39 is 21.7 Å². The Morgan fingerprint density at radius 3 is 1.19 bits per heavy atom. The zero-order valence-corrected chi connectivity index (χ0v) is 29.1. The van der Waals surface area contributed by atoms with Gasteiger partial charge in [-0.1, -0.05) is 48.5 Å². The predicted octanol–water partition coefficient (Wildman–Crippen LogP) is 3.35. The molecule has 0 bridgehead atoms. The Morgan fingerprint density at radius 2 is 0.865 bits per heavy atom. The summed E-state index contributed by atoms with van der Waals surface area (Å²) < 4.78 is 32.4. The van der Waals surface area contributed by atoms with Gasteiger partial charge in [0, 0.05) is 39.5 Å². The number of hydrogen-bond acceptors (Lipinski definition) is 12. The first kappa shape index (κ1) is 39.7. The molecule has 2 aromatic rings. The Kier molecular flexibility index (Phi) is 15.8. The molecule has 0 N–H and O–H groups in total. The fourth-order valence-corrected chi connectivity index (χ4v) is 5.46. The number of amides is 2. The lowest BCUT2D eigenvalue weighted by atomic mass is 10.0. The number of nitrogens with zero attached hydrogens (tertiary/aromatic N) is 4. The molecule has 2 aromatic carbocycles. The van der Waals surface area contributed by atoms with E-state index in [2.05, 4.69) is 0 Å². The Hall–Kier alpha value is -5.10. The number of carbonyl (C=O) groups is 2. The van der Waals surface area contributed by atoms with Crippen LogP contribution in [-0.2, 0) is 38.0 Å². The molecule has 2 heterocycles. The van der Waals surface area contributed by atoms with Crippen molar-refractivity contribution >= 4 is 35.4 Å². The molecule has 0 aromatic heterocycles.